The number of hydrogen-bond donors (Lipinski definition) is 0. The molecule has 3 aromatic rings. The first-order chi connectivity index (χ1) is 16.5. The van der Waals surface area contributed by atoms with E-state index >= 15 is 0 Å². The van der Waals surface area contributed by atoms with Gasteiger partial charge in [0.15, 0.2) is 5.78 Å². The van der Waals surface area contributed by atoms with Crippen molar-refractivity contribution in [3.05, 3.63) is 59.0 Å². The summed E-state index contributed by atoms with van der Waals surface area (Å²) in [6, 6.07) is 16.0. The summed E-state index contributed by atoms with van der Waals surface area (Å²) in [4.78, 5) is 31.2. The Morgan fingerprint density at radius 2 is 1.91 bits per heavy atom. The molecule has 0 radical (unpaired) electrons. The summed E-state index contributed by atoms with van der Waals surface area (Å²) in [5.74, 6) is 1.46. The maximum Gasteiger partial charge on any atom is 0.253 e. The Labute approximate surface area is 205 Å². The molecular weight excluding hydrogens is 444 g/mol. The highest BCUT2D eigenvalue weighted by atomic mass is 32.1. The Morgan fingerprint density at radius 1 is 1.12 bits per heavy atom. The highest BCUT2D eigenvalue weighted by molar-refractivity contribution is 7.21. The van der Waals surface area contributed by atoms with Crippen LogP contribution in [0, 0.1) is 11.8 Å². The highest BCUT2D eigenvalue weighted by Gasteiger charge is 2.35. The van der Waals surface area contributed by atoms with Crippen LogP contribution in [0.15, 0.2) is 48.5 Å². The second kappa shape index (κ2) is 9.98. The zero-order valence-electron chi connectivity index (χ0n) is 20.0. The number of benzene rings is 2. The average molecular weight is 477 g/mol. The molecule has 3 fully saturated rings. The van der Waals surface area contributed by atoms with Crippen LogP contribution in [0.1, 0.15) is 39.3 Å². The lowest BCUT2D eigenvalue weighted by atomic mass is 9.76. The van der Waals surface area contributed by atoms with E-state index in [1.807, 2.05) is 30.3 Å². The van der Waals surface area contributed by atoms with Gasteiger partial charge in [0.05, 0.1) is 11.5 Å². The molecule has 0 unspecified atom stereocenters. The second-order valence-corrected chi connectivity index (χ2v) is 10.7. The minimum atomic E-state index is -0.0226. The molecule has 5 nitrogen and oxygen atoms in total. The van der Waals surface area contributed by atoms with Gasteiger partial charge >= 0.3 is 0 Å². The second-order valence-electron chi connectivity index (χ2n) is 9.66. The van der Waals surface area contributed by atoms with Gasteiger partial charge in [0, 0.05) is 43.9 Å². The first-order valence-corrected chi connectivity index (χ1v) is 13.0. The summed E-state index contributed by atoms with van der Waals surface area (Å²) in [6.45, 7) is 4.53. The number of rotatable bonds is 8. The molecule has 1 atom stereocenters. The van der Waals surface area contributed by atoms with Gasteiger partial charge in [-0.2, -0.15) is 0 Å². The summed E-state index contributed by atoms with van der Waals surface area (Å²) in [7, 11) is 3.43. The van der Waals surface area contributed by atoms with Crippen molar-refractivity contribution >= 4 is 33.1 Å². The molecule has 0 aliphatic carbocycles. The van der Waals surface area contributed by atoms with E-state index in [-0.39, 0.29) is 11.7 Å². The maximum absolute atomic E-state index is 13.2. The average Bonchev–Trinajstić information content (AvgIpc) is 3.32. The van der Waals surface area contributed by atoms with Gasteiger partial charge in [0.25, 0.3) is 5.91 Å². The van der Waals surface area contributed by atoms with E-state index in [2.05, 4.69) is 23.1 Å². The van der Waals surface area contributed by atoms with E-state index < -0.39 is 0 Å². The predicted octanol–water partition coefficient (Wildman–Crippen LogP) is 5.20. The van der Waals surface area contributed by atoms with Crippen molar-refractivity contribution in [1.82, 2.24) is 9.80 Å². The number of hydrogen-bond acceptors (Lipinski definition) is 5. The minimum absolute atomic E-state index is 0.0226. The first-order valence-electron chi connectivity index (χ1n) is 12.2. The van der Waals surface area contributed by atoms with Gasteiger partial charge in [0.1, 0.15) is 0 Å². The van der Waals surface area contributed by atoms with E-state index in [0.717, 1.165) is 32.6 Å². The highest BCUT2D eigenvalue weighted by Crippen LogP contribution is 2.38. The number of Topliss-reactive ketones (excluding diaryl/α,β-unsaturated/α-hetero) is 1. The van der Waals surface area contributed by atoms with Crippen molar-refractivity contribution in [2.45, 2.75) is 19.3 Å². The molecular formula is C28H32N2O3S. The number of carbonyl (C=O) groups excluding carboxylic acids is 2. The Morgan fingerprint density at radius 3 is 2.65 bits per heavy atom. The number of likely N-dealkylation sites (N-methyl/N-ethyl adjacent to an activating group) is 1. The summed E-state index contributed by atoms with van der Waals surface area (Å²) >= 11 is 1.59. The van der Waals surface area contributed by atoms with Crippen molar-refractivity contribution in [3.63, 3.8) is 0 Å². The number of nitrogens with zero attached hydrogens (tertiary/aromatic N) is 2. The summed E-state index contributed by atoms with van der Waals surface area (Å²) in [5, 5.41) is 1.09. The Bertz CT molecular complexity index is 1200. The van der Waals surface area contributed by atoms with Crippen molar-refractivity contribution in [2.24, 2.45) is 11.8 Å². The number of amides is 1. The molecule has 0 N–H and O–H groups in total. The third kappa shape index (κ3) is 4.67. The van der Waals surface area contributed by atoms with Crippen molar-refractivity contribution < 1.29 is 14.3 Å². The van der Waals surface area contributed by atoms with Gasteiger partial charge in [-0.15, -0.1) is 11.3 Å². The summed E-state index contributed by atoms with van der Waals surface area (Å²) in [5.41, 5.74) is 2.72. The monoisotopic (exact) mass is 476 g/mol. The smallest absolute Gasteiger partial charge is 0.253 e. The Kier molecular flexibility index (Phi) is 6.82. The third-order valence-corrected chi connectivity index (χ3v) is 8.68. The summed E-state index contributed by atoms with van der Waals surface area (Å²) < 4.78 is 6.21. The standard InChI is InChI=1S/C28H32N2O3S/c1-29(13-14-33-2)28(32)22-7-3-5-20(15-22)24-8-4-6-21-17-26(34-27(21)24)25(31)16-23-18-30-11-9-19(23)10-12-30/h3-8,15,17,19,23H,9-14,16,18H2,1-2H3/t23-/m0/s1. The van der Waals surface area contributed by atoms with Crippen molar-refractivity contribution in [3.8, 4) is 11.1 Å². The molecule has 2 aromatic carbocycles. The molecule has 0 spiro atoms. The van der Waals surface area contributed by atoms with Gasteiger partial charge in [-0.1, -0.05) is 30.3 Å². The normalized spacial score (nSPS) is 21.6. The van der Waals surface area contributed by atoms with Crippen LogP contribution in [0.2, 0.25) is 0 Å². The van der Waals surface area contributed by atoms with E-state index in [9.17, 15) is 9.59 Å². The third-order valence-electron chi connectivity index (χ3n) is 7.46. The first kappa shape index (κ1) is 23.2. The SMILES string of the molecule is COCCN(C)C(=O)c1cccc(-c2cccc3cc(C(=O)C[C@H]4CN5CCC4CC5)sc23)c1. The minimum Gasteiger partial charge on any atom is -0.383 e. The molecule has 4 heterocycles. The predicted molar refractivity (Wildman–Crippen MR) is 138 cm³/mol. The quantitative estimate of drug-likeness (QED) is 0.419. The molecule has 34 heavy (non-hydrogen) atoms. The lowest BCUT2D eigenvalue weighted by molar-refractivity contribution is 0.0442. The van der Waals surface area contributed by atoms with Crippen molar-refractivity contribution in [1.29, 1.82) is 0 Å². The number of fused-ring (bicyclic) bond motifs is 4. The van der Waals surface area contributed by atoms with Gasteiger partial charge in [-0.05, 0) is 72.5 Å². The fraction of sp³-hybridized carbons (Fsp3) is 0.429. The zero-order valence-corrected chi connectivity index (χ0v) is 20.8. The van der Waals surface area contributed by atoms with E-state index in [0.29, 0.717) is 37.0 Å². The number of methoxy groups -OCH3 is 1. The molecule has 3 aliphatic rings. The molecule has 178 valence electrons. The lowest BCUT2D eigenvalue weighted by Crippen LogP contribution is -2.47. The van der Waals surface area contributed by atoms with E-state index in [1.165, 1.54) is 25.9 Å². The maximum atomic E-state index is 13.2. The van der Waals surface area contributed by atoms with Crippen LogP contribution in [-0.4, -0.2) is 68.4 Å². The molecule has 0 saturated carbocycles. The van der Waals surface area contributed by atoms with Gasteiger partial charge < -0.3 is 14.5 Å². The number of thiophene rings is 1. The van der Waals surface area contributed by atoms with Gasteiger partial charge in [-0.3, -0.25) is 9.59 Å². The molecule has 6 heteroatoms. The number of carbonyl (C=O) groups is 2. The van der Waals surface area contributed by atoms with Crippen LogP contribution in [0.3, 0.4) is 0 Å². The number of piperidine rings is 3. The van der Waals surface area contributed by atoms with Gasteiger partial charge in [-0.25, -0.2) is 0 Å². The molecule has 6 rings (SSSR count). The van der Waals surface area contributed by atoms with E-state index in [4.69, 9.17) is 4.74 Å². The molecule has 2 bridgehead atoms. The lowest BCUT2D eigenvalue weighted by Gasteiger charge is -2.44. The largest absolute Gasteiger partial charge is 0.383 e. The van der Waals surface area contributed by atoms with Crippen LogP contribution in [0.5, 0.6) is 0 Å². The molecule has 3 saturated heterocycles. The van der Waals surface area contributed by atoms with Crippen LogP contribution < -0.4 is 0 Å². The van der Waals surface area contributed by atoms with Crippen LogP contribution in [0.25, 0.3) is 21.2 Å². The fourth-order valence-corrected chi connectivity index (χ4v) is 6.60. The van der Waals surface area contributed by atoms with Crippen LogP contribution >= 0.6 is 11.3 Å². The zero-order chi connectivity index (χ0) is 23.7. The number of ketones is 1. The molecule has 1 amide bonds. The van der Waals surface area contributed by atoms with Crippen LogP contribution in [-0.2, 0) is 4.74 Å². The van der Waals surface area contributed by atoms with E-state index in [1.54, 1.807) is 30.4 Å². The topological polar surface area (TPSA) is 49.9 Å². The van der Waals surface area contributed by atoms with Crippen LogP contribution in [0.4, 0.5) is 0 Å². The Hall–Kier alpha value is -2.54. The molecule has 1 aromatic heterocycles. The van der Waals surface area contributed by atoms with Gasteiger partial charge in [0.2, 0.25) is 0 Å². The fourth-order valence-electron chi connectivity index (χ4n) is 5.46. The number of ether oxygens (including phenoxy) is 1. The Balaban J connectivity index is 1.39. The molecule has 3 aliphatic heterocycles. The summed E-state index contributed by atoms with van der Waals surface area (Å²) in [6.07, 6.45) is 3.13. The van der Waals surface area contributed by atoms with Crippen molar-refractivity contribution in [2.75, 3.05) is 46.9 Å².